The fourth-order valence-corrected chi connectivity index (χ4v) is 7.16. The number of fused-ring (bicyclic) bond motifs is 2. The molecule has 2 fully saturated rings. The highest BCUT2D eigenvalue weighted by Crippen LogP contribution is 2.64. The summed E-state index contributed by atoms with van der Waals surface area (Å²) in [7, 11) is -3.43. The first kappa shape index (κ1) is 18.9. The van der Waals surface area contributed by atoms with E-state index in [0.29, 0.717) is 25.4 Å². The SMILES string of the molecule is CC(C)CN(CC(C)C)S(=O)(=O)C[C@]12CC[C@@H](CC1=O)C2(C)C. The van der Waals surface area contributed by atoms with Gasteiger partial charge in [-0.05, 0) is 36.0 Å². The van der Waals surface area contributed by atoms with Crippen LogP contribution < -0.4 is 0 Å². The van der Waals surface area contributed by atoms with Crippen LogP contribution in [-0.4, -0.2) is 37.3 Å². The number of Topliss-reactive ketones (excluding diaryl/α,β-unsaturated/α-hetero) is 1. The number of hydrogen-bond acceptors (Lipinski definition) is 3. The van der Waals surface area contributed by atoms with Crippen LogP contribution in [0.1, 0.15) is 60.8 Å². The second-order valence-corrected chi connectivity index (χ2v) is 11.0. The molecule has 0 heterocycles. The Labute approximate surface area is 142 Å². The summed E-state index contributed by atoms with van der Waals surface area (Å²) in [6, 6.07) is 0. The minimum absolute atomic E-state index is 0.00176. The van der Waals surface area contributed by atoms with Crippen LogP contribution in [0.2, 0.25) is 0 Å². The van der Waals surface area contributed by atoms with Crippen molar-refractivity contribution in [3.63, 3.8) is 0 Å². The highest BCUT2D eigenvalue weighted by atomic mass is 32.2. The highest BCUT2D eigenvalue weighted by Gasteiger charge is 2.65. The Balaban J connectivity index is 2.30. The molecule has 2 aliphatic carbocycles. The molecule has 134 valence electrons. The van der Waals surface area contributed by atoms with Gasteiger partial charge in [-0.1, -0.05) is 41.5 Å². The van der Waals surface area contributed by atoms with Gasteiger partial charge in [-0.15, -0.1) is 0 Å². The predicted molar refractivity (Wildman–Crippen MR) is 93.6 cm³/mol. The zero-order valence-electron chi connectivity index (χ0n) is 15.6. The first-order valence-electron chi connectivity index (χ1n) is 8.93. The van der Waals surface area contributed by atoms with Crippen molar-refractivity contribution < 1.29 is 13.2 Å². The van der Waals surface area contributed by atoms with Gasteiger partial charge in [0.25, 0.3) is 0 Å². The van der Waals surface area contributed by atoms with Crippen molar-refractivity contribution in [2.24, 2.45) is 28.6 Å². The average molecular weight is 344 g/mol. The van der Waals surface area contributed by atoms with Crippen molar-refractivity contribution in [1.29, 1.82) is 0 Å². The molecule has 0 aromatic heterocycles. The molecule has 0 aliphatic heterocycles. The van der Waals surface area contributed by atoms with Crippen molar-refractivity contribution in [2.45, 2.75) is 60.8 Å². The maximum Gasteiger partial charge on any atom is 0.215 e. The van der Waals surface area contributed by atoms with Crippen LogP contribution in [0.25, 0.3) is 0 Å². The number of hydrogen-bond donors (Lipinski definition) is 0. The van der Waals surface area contributed by atoms with Gasteiger partial charge in [-0.3, -0.25) is 4.79 Å². The van der Waals surface area contributed by atoms with Crippen molar-refractivity contribution in [1.82, 2.24) is 4.31 Å². The van der Waals surface area contributed by atoms with Crippen LogP contribution in [0.4, 0.5) is 0 Å². The van der Waals surface area contributed by atoms with Crippen molar-refractivity contribution in [2.75, 3.05) is 18.8 Å². The largest absolute Gasteiger partial charge is 0.299 e. The molecule has 0 aromatic rings. The minimum Gasteiger partial charge on any atom is -0.299 e. The van der Waals surface area contributed by atoms with Gasteiger partial charge in [0.05, 0.1) is 5.75 Å². The normalized spacial score (nSPS) is 30.1. The van der Waals surface area contributed by atoms with Crippen LogP contribution >= 0.6 is 0 Å². The van der Waals surface area contributed by atoms with Gasteiger partial charge in [0.15, 0.2) is 0 Å². The topological polar surface area (TPSA) is 54.5 Å². The number of nitrogens with zero attached hydrogens (tertiary/aromatic N) is 1. The molecule has 2 bridgehead atoms. The molecule has 2 rings (SSSR count). The third-order valence-electron chi connectivity index (χ3n) is 6.10. The first-order chi connectivity index (χ1) is 10.4. The van der Waals surface area contributed by atoms with Crippen LogP contribution in [0, 0.1) is 28.6 Å². The lowest BCUT2D eigenvalue weighted by atomic mass is 9.70. The average Bonchev–Trinajstić information content (AvgIpc) is 2.70. The molecule has 2 saturated carbocycles. The van der Waals surface area contributed by atoms with E-state index in [0.717, 1.165) is 12.8 Å². The van der Waals surface area contributed by atoms with Crippen LogP contribution in [0.15, 0.2) is 0 Å². The zero-order valence-corrected chi connectivity index (χ0v) is 16.4. The van der Waals surface area contributed by atoms with Gasteiger partial charge in [-0.25, -0.2) is 12.7 Å². The third kappa shape index (κ3) is 3.23. The Bertz CT molecular complexity index is 555. The Kier molecular flexibility index (Phi) is 5.05. The summed E-state index contributed by atoms with van der Waals surface area (Å²) in [5.74, 6) is 1.10. The maximum absolute atomic E-state index is 13.1. The summed E-state index contributed by atoms with van der Waals surface area (Å²) in [5.41, 5.74) is -0.860. The summed E-state index contributed by atoms with van der Waals surface area (Å²) in [4.78, 5) is 12.6. The third-order valence-corrected chi connectivity index (χ3v) is 8.04. The van der Waals surface area contributed by atoms with E-state index in [1.165, 1.54) is 0 Å². The standard InChI is InChI=1S/C18H33NO3S/c1-13(2)10-19(11-14(3)4)23(21,22)12-18-8-7-15(9-16(18)20)17(18,5)6/h13-15H,7-12H2,1-6H3/t15-,18+/m0/s1. The Morgan fingerprint density at radius 3 is 2.00 bits per heavy atom. The van der Waals surface area contributed by atoms with Gasteiger partial charge >= 0.3 is 0 Å². The summed E-state index contributed by atoms with van der Waals surface area (Å²) < 4.78 is 27.9. The van der Waals surface area contributed by atoms with Crippen LogP contribution in [-0.2, 0) is 14.8 Å². The lowest BCUT2D eigenvalue weighted by molar-refractivity contribution is -0.128. The summed E-state index contributed by atoms with van der Waals surface area (Å²) in [6.07, 6.45) is 2.29. The lowest BCUT2D eigenvalue weighted by Crippen LogP contribution is -2.48. The Morgan fingerprint density at radius 1 is 1.13 bits per heavy atom. The number of rotatable bonds is 7. The zero-order chi connectivity index (χ0) is 17.6. The maximum atomic E-state index is 13.1. The molecule has 4 nitrogen and oxygen atoms in total. The number of carbonyl (C=O) groups excluding carboxylic acids is 1. The van der Waals surface area contributed by atoms with E-state index in [-0.39, 0.29) is 28.8 Å². The predicted octanol–water partition coefficient (Wildman–Crippen LogP) is 3.33. The molecule has 0 unspecified atom stereocenters. The molecule has 0 spiro atoms. The van der Waals surface area contributed by atoms with Gasteiger partial charge in [-0.2, -0.15) is 0 Å². The number of ketones is 1. The Morgan fingerprint density at radius 2 is 1.65 bits per heavy atom. The number of carbonyl (C=O) groups is 1. The van der Waals surface area contributed by atoms with E-state index in [4.69, 9.17) is 0 Å². The molecule has 23 heavy (non-hydrogen) atoms. The highest BCUT2D eigenvalue weighted by molar-refractivity contribution is 7.89. The minimum atomic E-state index is -3.43. The van der Waals surface area contributed by atoms with Gasteiger partial charge < -0.3 is 0 Å². The summed E-state index contributed by atoms with van der Waals surface area (Å²) in [5, 5.41) is 0. The first-order valence-corrected chi connectivity index (χ1v) is 10.5. The quantitative estimate of drug-likeness (QED) is 0.712. The van der Waals surface area contributed by atoms with Crippen LogP contribution in [0.5, 0.6) is 0 Å². The molecular formula is C18H33NO3S. The van der Waals surface area contributed by atoms with Gasteiger partial charge in [0, 0.05) is 24.9 Å². The summed E-state index contributed by atoms with van der Waals surface area (Å²) in [6.45, 7) is 13.4. The van der Waals surface area contributed by atoms with E-state index in [2.05, 4.69) is 13.8 Å². The Hall–Kier alpha value is -0.420. The fraction of sp³-hybridized carbons (Fsp3) is 0.944. The molecule has 0 saturated heterocycles. The van der Waals surface area contributed by atoms with Crippen molar-refractivity contribution in [3.8, 4) is 0 Å². The number of sulfonamides is 1. The van der Waals surface area contributed by atoms with E-state index < -0.39 is 15.4 Å². The van der Waals surface area contributed by atoms with E-state index in [1.54, 1.807) is 4.31 Å². The molecule has 0 N–H and O–H groups in total. The van der Waals surface area contributed by atoms with Crippen molar-refractivity contribution >= 4 is 15.8 Å². The van der Waals surface area contributed by atoms with Gasteiger partial charge in [0.1, 0.15) is 5.78 Å². The summed E-state index contributed by atoms with van der Waals surface area (Å²) >= 11 is 0. The van der Waals surface area contributed by atoms with E-state index in [1.807, 2.05) is 27.7 Å². The van der Waals surface area contributed by atoms with Crippen molar-refractivity contribution in [3.05, 3.63) is 0 Å². The molecule has 2 atom stereocenters. The monoisotopic (exact) mass is 343 g/mol. The van der Waals surface area contributed by atoms with E-state index >= 15 is 0 Å². The molecule has 5 heteroatoms. The lowest BCUT2D eigenvalue weighted by Gasteiger charge is -2.38. The molecule has 0 amide bonds. The molecule has 0 radical (unpaired) electrons. The van der Waals surface area contributed by atoms with Crippen LogP contribution in [0.3, 0.4) is 0 Å². The van der Waals surface area contributed by atoms with E-state index in [9.17, 15) is 13.2 Å². The smallest absolute Gasteiger partial charge is 0.215 e. The van der Waals surface area contributed by atoms with Gasteiger partial charge in [0.2, 0.25) is 10.0 Å². The fourth-order valence-electron chi connectivity index (χ4n) is 4.63. The molecule has 2 aliphatic rings. The molecule has 0 aromatic carbocycles. The molecular weight excluding hydrogens is 310 g/mol. The second kappa shape index (κ2) is 6.14. The second-order valence-electron chi connectivity index (χ2n) is 9.03.